The fourth-order valence-corrected chi connectivity index (χ4v) is 7.47. The molecule has 5 aromatic rings. The number of carboxylic acids is 1. The summed E-state index contributed by atoms with van der Waals surface area (Å²) in [7, 11) is 3.63. The number of nitrogens with two attached hydrogens (primary N) is 1. The molecule has 2 unspecified atom stereocenters. The van der Waals surface area contributed by atoms with E-state index in [-0.39, 0.29) is 23.6 Å². The maximum absolute atomic E-state index is 13.7. The van der Waals surface area contributed by atoms with E-state index in [0.29, 0.717) is 35.2 Å². The molecule has 2 saturated carbocycles. The molecule has 0 radical (unpaired) electrons. The Labute approximate surface area is 254 Å². The van der Waals surface area contributed by atoms with Crippen molar-refractivity contribution in [3.63, 3.8) is 0 Å². The molecule has 3 fully saturated rings. The van der Waals surface area contributed by atoms with E-state index in [2.05, 4.69) is 27.3 Å². The van der Waals surface area contributed by atoms with E-state index in [1.165, 1.54) is 12.8 Å². The summed E-state index contributed by atoms with van der Waals surface area (Å²) in [5, 5.41) is 10.6. The molecule has 44 heavy (non-hydrogen) atoms. The number of hydrogen-bond acceptors (Lipinski definition) is 5. The van der Waals surface area contributed by atoms with Gasteiger partial charge in [0.15, 0.2) is 5.82 Å². The van der Waals surface area contributed by atoms with Crippen molar-refractivity contribution in [3.8, 4) is 28.4 Å². The molecule has 1 saturated heterocycles. The van der Waals surface area contributed by atoms with Crippen LogP contribution in [-0.4, -0.2) is 61.7 Å². The molecular weight excluding hydrogens is 554 g/mol. The molecule has 2 aromatic heterocycles. The number of piperidine rings is 1. The van der Waals surface area contributed by atoms with Crippen molar-refractivity contribution < 1.29 is 19.4 Å². The number of hydrogen-bond donors (Lipinski definition) is 2. The zero-order valence-corrected chi connectivity index (χ0v) is 24.9. The minimum atomic E-state index is -0.939. The van der Waals surface area contributed by atoms with Gasteiger partial charge in [0.1, 0.15) is 11.3 Å². The van der Waals surface area contributed by atoms with Crippen LogP contribution >= 0.6 is 0 Å². The molecule has 2 aliphatic carbocycles. The quantitative estimate of drug-likeness (QED) is 0.258. The maximum Gasteiger partial charge on any atom is 0.335 e. The summed E-state index contributed by atoms with van der Waals surface area (Å²) in [5.41, 5.74) is 12.7. The summed E-state index contributed by atoms with van der Waals surface area (Å²) in [4.78, 5) is 32.4. The SMILES string of the molecule is COc1cc(C(=O)N2CC3CCC2[C@@H]3N)cc2nc(-c3cc4ccc(-c5cccc(C(=O)O)c5)cc4n3CC3CC3)n(C)c12. The van der Waals surface area contributed by atoms with Crippen LogP contribution in [-0.2, 0) is 13.6 Å². The normalized spacial score (nSPS) is 21.1. The van der Waals surface area contributed by atoms with Gasteiger partial charge < -0.3 is 29.6 Å². The fraction of sp³-hybridized carbons (Fsp3) is 0.343. The number of ether oxygens (including phenoxy) is 1. The molecule has 3 aliphatic rings. The summed E-state index contributed by atoms with van der Waals surface area (Å²) >= 11 is 0. The number of carbonyl (C=O) groups excluding carboxylic acids is 1. The summed E-state index contributed by atoms with van der Waals surface area (Å²) in [6.07, 6.45) is 4.45. The Bertz CT molecular complexity index is 1990. The zero-order chi connectivity index (χ0) is 30.3. The molecule has 2 bridgehead atoms. The van der Waals surface area contributed by atoms with Gasteiger partial charge in [-0.2, -0.15) is 0 Å². The lowest BCUT2D eigenvalue weighted by Crippen LogP contribution is -2.41. The first-order valence-electron chi connectivity index (χ1n) is 15.4. The van der Waals surface area contributed by atoms with E-state index in [4.69, 9.17) is 15.5 Å². The second kappa shape index (κ2) is 9.95. The lowest BCUT2D eigenvalue weighted by Gasteiger charge is -2.27. The molecule has 3 heterocycles. The Hall–Kier alpha value is -4.63. The number of methoxy groups -OCH3 is 1. The first kappa shape index (κ1) is 27.0. The third-order valence-corrected chi connectivity index (χ3v) is 10.0. The number of fused-ring (bicyclic) bond motifs is 4. The van der Waals surface area contributed by atoms with E-state index in [0.717, 1.165) is 58.5 Å². The number of nitrogens with zero attached hydrogens (tertiary/aromatic N) is 4. The first-order chi connectivity index (χ1) is 21.3. The number of aromatic nitrogens is 3. The third kappa shape index (κ3) is 4.21. The van der Waals surface area contributed by atoms with Crippen LogP contribution in [0.1, 0.15) is 46.4 Å². The highest BCUT2D eigenvalue weighted by molar-refractivity contribution is 6.01. The van der Waals surface area contributed by atoms with Crippen molar-refractivity contribution in [1.29, 1.82) is 0 Å². The standard InChI is InChI=1S/C35H35N5O4/c1-38-32-26(13-25(16-30(32)44-2)34(41)40-18-24-10-11-27(40)31(24)36)37-33(38)29-15-22-9-8-21(14-28(22)39(29)17-19-6-7-19)20-4-3-5-23(12-20)35(42)43/h3-5,8-9,12-16,19,24,27,31H,6-7,10-11,17-18,36H2,1-2H3,(H,42,43)/t24?,27?,31-/m1/s1. The van der Waals surface area contributed by atoms with Crippen molar-refractivity contribution in [1.82, 2.24) is 19.0 Å². The number of aromatic carboxylic acids is 1. The predicted molar refractivity (Wildman–Crippen MR) is 169 cm³/mol. The van der Waals surface area contributed by atoms with Gasteiger partial charge in [0, 0.05) is 48.7 Å². The molecule has 3 aromatic carbocycles. The predicted octanol–water partition coefficient (Wildman–Crippen LogP) is 5.54. The van der Waals surface area contributed by atoms with Gasteiger partial charge in [-0.1, -0.05) is 24.3 Å². The van der Waals surface area contributed by atoms with Gasteiger partial charge in [0.05, 0.1) is 23.9 Å². The summed E-state index contributed by atoms with van der Waals surface area (Å²) in [6.45, 7) is 1.58. The maximum atomic E-state index is 13.7. The van der Waals surface area contributed by atoms with Gasteiger partial charge in [-0.05, 0) is 85.0 Å². The monoisotopic (exact) mass is 589 g/mol. The average molecular weight is 590 g/mol. The van der Waals surface area contributed by atoms with Gasteiger partial charge in [0.25, 0.3) is 5.91 Å². The number of aryl methyl sites for hydroxylation is 1. The van der Waals surface area contributed by atoms with E-state index < -0.39 is 5.97 Å². The van der Waals surface area contributed by atoms with Gasteiger partial charge >= 0.3 is 5.97 Å². The first-order valence-corrected chi connectivity index (χ1v) is 15.4. The third-order valence-electron chi connectivity index (χ3n) is 10.0. The van der Waals surface area contributed by atoms with Crippen LogP contribution in [0.15, 0.2) is 60.7 Å². The number of carboxylic acid groups (broad SMARTS) is 1. The number of imidazole rings is 1. The molecule has 9 nitrogen and oxygen atoms in total. The lowest BCUT2D eigenvalue weighted by atomic mass is 10.0. The van der Waals surface area contributed by atoms with Crippen molar-refractivity contribution in [2.24, 2.45) is 24.6 Å². The Balaban J connectivity index is 1.24. The number of rotatable bonds is 7. The van der Waals surface area contributed by atoms with Gasteiger partial charge in [0.2, 0.25) is 0 Å². The fourth-order valence-electron chi connectivity index (χ4n) is 7.47. The zero-order valence-electron chi connectivity index (χ0n) is 24.9. The Morgan fingerprint density at radius 2 is 1.82 bits per heavy atom. The van der Waals surface area contributed by atoms with Crippen LogP contribution in [0.5, 0.6) is 5.75 Å². The van der Waals surface area contributed by atoms with E-state index in [1.54, 1.807) is 25.3 Å². The van der Waals surface area contributed by atoms with E-state index >= 15 is 0 Å². The highest BCUT2D eigenvalue weighted by Crippen LogP contribution is 2.41. The number of likely N-dealkylation sites (tertiary alicyclic amines) is 1. The summed E-state index contributed by atoms with van der Waals surface area (Å²) < 4.78 is 10.3. The van der Waals surface area contributed by atoms with Crippen LogP contribution in [0.4, 0.5) is 0 Å². The molecule has 1 aliphatic heterocycles. The van der Waals surface area contributed by atoms with Crippen molar-refractivity contribution >= 4 is 33.8 Å². The molecule has 224 valence electrons. The van der Waals surface area contributed by atoms with E-state index in [1.807, 2.05) is 36.2 Å². The molecule has 0 spiro atoms. The summed E-state index contributed by atoms with van der Waals surface area (Å²) in [5.74, 6) is 1.46. The van der Waals surface area contributed by atoms with Gasteiger partial charge in [-0.15, -0.1) is 0 Å². The van der Waals surface area contributed by atoms with E-state index in [9.17, 15) is 14.7 Å². The molecule has 1 amide bonds. The molecule has 3 atom stereocenters. The van der Waals surface area contributed by atoms with Gasteiger partial charge in [-0.25, -0.2) is 9.78 Å². The average Bonchev–Trinajstić information content (AvgIpc) is 3.44. The largest absolute Gasteiger partial charge is 0.494 e. The van der Waals surface area contributed by atoms with Crippen molar-refractivity contribution in [3.05, 3.63) is 71.8 Å². The Morgan fingerprint density at radius 1 is 1.00 bits per heavy atom. The van der Waals surface area contributed by atoms with Gasteiger partial charge in [-0.3, -0.25) is 4.79 Å². The summed E-state index contributed by atoms with van der Waals surface area (Å²) in [6, 6.07) is 19.4. The number of benzene rings is 3. The molecule has 8 rings (SSSR count). The highest BCUT2D eigenvalue weighted by atomic mass is 16.5. The Morgan fingerprint density at radius 3 is 2.52 bits per heavy atom. The Kier molecular flexibility index (Phi) is 6.10. The van der Waals surface area contributed by atoms with Crippen molar-refractivity contribution in [2.45, 2.75) is 44.3 Å². The van der Waals surface area contributed by atoms with Crippen LogP contribution < -0.4 is 10.5 Å². The molecule has 9 heteroatoms. The van der Waals surface area contributed by atoms with Crippen LogP contribution in [0.2, 0.25) is 0 Å². The number of carbonyl (C=O) groups is 2. The van der Waals surface area contributed by atoms with Crippen LogP contribution in [0.3, 0.4) is 0 Å². The topological polar surface area (TPSA) is 116 Å². The number of amides is 1. The smallest absolute Gasteiger partial charge is 0.335 e. The minimum Gasteiger partial charge on any atom is -0.494 e. The second-order valence-electron chi connectivity index (χ2n) is 12.7. The van der Waals surface area contributed by atoms with Crippen LogP contribution in [0, 0.1) is 11.8 Å². The molecular formula is C35H35N5O4. The van der Waals surface area contributed by atoms with Crippen LogP contribution in [0.25, 0.3) is 44.6 Å². The molecule has 3 N–H and O–H groups in total. The minimum absolute atomic E-state index is 0.0117. The highest BCUT2D eigenvalue weighted by Gasteiger charge is 2.47. The second-order valence-corrected chi connectivity index (χ2v) is 12.7. The van der Waals surface area contributed by atoms with Crippen molar-refractivity contribution in [2.75, 3.05) is 13.7 Å². The lowest BCUT2D eigenvalue weighted by molar-refractivity contribution is 0.0689.